The summed E-state index contributed by atoms with van der Waals surface area (Å²) in [6.07, 6.45) is 1.73. The van der Waals surface area contributed by atoms with Crippen molar-refractivity contribution < 1.29 is 14.3 Å². The molecule has 0 radical (unpaired) electrons. The number of halogens is 2. The Balaban J connectivity index is 1.52. The number of hydrogen-bond donors (Lipinski definition) is 1. The summed E-state index contributed by atoms with van der Waals surface area (Å²) in [4.78, 5) is 25.4. The molecular formula is C25H20Cl2N4O3S2. The number of amides is 1. The zero-order valence-electron chi connectivity index (χ0n) is 19.0. The predicted molar refractivity (Wildman–Crippen MR) is 146 cm³/mol. The number of aromatic nitrogens is 3. The number of hydrogen-bond acceptors (Lipinski definition) is 7. The van der Waals surface area contributed by atoms with Crippen LogP contribution in [0.1, 0.15) is 10.4 Å². The lowest BCUT2D eigenvalue weighted by Crippen LogP contribution is -2.16. The van der Waals surface area contributed by atoms with Crippen molar-refractivity contribution in [1.82, 2.24) is 14.8 Å². The Labute approximate surface area is 226 Å². The summed E-state index contributed by atoms with van der Waals surface area (Å²) >= 11 is 14.6. The molecule has 0 fully saturated rings. The second-order valence-electron chi connectivity index (χ2n) is 7.40. The van der Waals surface area contributed by atoms with Crippen molar-refractivity contribution >= 4 is 63.2 Å². The van der Waals surface area contributed by atoms with E-state index >= 15 is 0 Å². The minimum absolute atomic E-state index is 0.0552. The van der Waals surface area contributed by atoms with Gasteiger partial charge in [-0.25, -0.2) is 4.79 Å². The van der Waals surface area contributed by atoms with E-state index in [1.165, 1.54) is 30.2 Å². The lowest BCUT2D eigenvalue weighted by atomic mass is 10.0. The highest BCUT2D eigenvalue weighted by Crippen LogP contribution is 2.37. The predicted octanol–water partition coefficient (Wildman–Crippen LogP) is 6.68. The third-order valence-corrected chi connectivity index (χ3v) is 7.38. The van der Waals surface area contributed by atoms with E-state index in [0.29, 0.717) is 43.7 Å². The number of esters is 1. The zero-order chi connectivity index (χ0) is 25.7. The summed E-state index contributed by atoms with van der Waals surface area (Å²) in [6.45, 7) is 4.26. The summed E-state index contributed by atoms with van der Waals surface area (Å²) in [7, 11) is 1.30. The number of methoxy groups -OCH3 is 1. The fourth-order valence-corrected chi connectivity index (χ4v) is 5.46. The number of allylic oxidation sites excluding steroid dienone is 1. The second-order valence-corrected chi connectivity index (χ2v) is 10.1. The molecule has 0 aliphatic heterocycles. The van der Waals surface area contributed by atoms with Crippen LogP contribution in [0.4, 0.5) is 5.00 Å². The Morgan fingerprint density at radius 3 is 2.61 bits per heavy atom. The largest absolute Gasteiger partial charge is 0.465 e. The Morgan fingerprint density at radius 1 is 1.14 bits per heavy atom. The summed E-state index contributed by atoms with van der Waals surface area (Å²) in [5.74, 6) is -0.160. The second kappa shape index (κ2) is 11.7. The fourth-order valence-electron chi connectivity index (χ4n) is 3.42. The van der Waals surface area contributed by atoms with Crippen LogP contribution in [0.3, 0.4) is 0 Å². The highest BCUT2D eigenvalue weighted by Gasteiger charge is 2.23. The van der Waals surface area contributed by atoms with Gasteiger partial charge in [0.15, 0.2) is 11.0 Å². The minimum atomic E-state index is -0.541. The zero-order valence-corrected chi connectivity index (χ0v) is 22.2. The van der Waals surface area contributed by atoms with Crippen LogP contribution >= 0.6 is 46.3 Å². The van der Waals surface area contributed by atoms with E-state index in [2.05, 4.69) is 22.1 Å². The first kappa shape index (κ1) is 26.0. The quantitative estimate of drug-likeness (QED) is 0.140. The fraction of sp³-hybridized carbons (Fsp3) is 0.120. The van der Waals surface area contributed by atoms with Gasteiger partial charge in [-0.1, -0.05) is 65.3 Å². The molecule has 0 unspecified atom stereocenters. The van der Waals surface area contributed by atoms with Crippen LogP contribution < -0.4 is 5.32 Å². The number of carbonyl (C=O) groups is 2. The topological polar surface area (TPSA) is 86.1 Å². The smallest absolute Gasteiger partial charge is 0.341 e. The monoisotopic (exact) mass is 558 g/mol. The maximum absolute atomic E-state index is 12.8. The molecule has 4 rings (SSSR count). The van der Waals surface area contributed by atoms with E-state index in [4.69, 9.17) is 27.9 Å². The van der Waals surface area contributed by atoms with Gasteiger partial charge in [0.25, 0.3) is 0 Å². The molecule has 0 saturated carbocycles. The third kappa shape index (κ3) is 5.82. The molecule has 4 aromatic rings. The summed E-state index contributed by atoms with van der Waals surface area (Å²) < 4.78 is 6.83. The molecule has 36 heavy (non-hydrogen) atoms. The van der Waals surface area contributed by atoms with Crippen LogP contribution in [0, 0.1) is 0 Å². The van der Waals surface area contributed by atoms with Crippen molar-refractivity contribution in [2.45, 2.75) is 11.7 Å². The molecule has 11 heteroatoms. The Hall–Kier alpha value is -3.11. The van der Waals surface area contributed by atoms with Gasteiger partial charge in [0.1, 0.15) is 10.6 Å². The van der Waals surface area contributed by atoms with Gasteiger partial charge in [-0.3, -0.25) is 9.36 Å². The summed E-state index contributed by atoms with van der Waals surface area (Å²) in [5.41, 5.74) is 2.55. The van der Waals surface area contributed by atoms with Gasteiger partial charge in [-0.05, 0) is 29.8 Å². The SMILES string of the molecule is C=CCn1c(SCC(=O)Nc2scc(-c3ccc(Cl)cc3)c2C(=O)OC)nnc1-c1cccc(Cl)c1. The number of ether oxygens (including phenoxy) is 1. The standard InChI is InChI=1S/C25H20Cl2N4O3S2/c1-3-11-31-22(16-5-4-6-18(27)12-16)29-30-25(31)36-14-20(32)28-23-21(24(33)34-2)19(13-35-23)15-7-9-17(26)10-8-15/h3-10,12-13H,1,11,14H2,2H3,(H,28,32). The number of nitrogens with zero attached hydrogens (tertiary/aromatic N) is 3. The molecule has 184 valence electrons. The molecule has 2 heterocycles. The Morgan fingerprint density at radius 2 is 1.92 bits per heavy atom. The number of rotatable bonds is 9. The normalized spacial score (nSPS) is 10.8. The van der Waals surface area contributed by atoms with Gasteiger partial charge >= 0.3 is 5.97 Å². The van der Waals surface area contributed by atoms with Crippen LogP contribution in [0.15, 0.2) is 71.7 Å². The first-order valence-electron chi connectivity index (χ1n) is 10.6. The highest BCUT2D eigenvalue weighted by atomic mass is 35.5. The molecule has 2 aromatic heterocycles. The molecule has 1 N–H and O–H groups in total. The molecule has 0 aliphatic carbocycles. The molecule has 1 amide bonds. The lowest BCUT2D eigenvalue weighted by molar-refractivity contribution is -0.113. The molecule has 0 atom stereocenters. The van der Waals surface area contributed by atoms with Crippen molar-refractivity contribution in [3.63, 3.8) is 0 Å². The molecule has 7 nitrogen and oxygen atoms in total. The molecule has 0 aliphatic rings. The van der Waals surface area contributed by atoms with Gasteiger partial charge in [0.2, 0.25) is 5.91 Å². The summed E-state index contributed by atoms with van der Waals surface area (Å²) in [6, 6.07) is 14.4. The minimum Gasteiger partial charge on any atom is -0.465 e. The van der Waals surface area contributed by atoms with Crippen LogP contribution in [-0.2, 0) is 16.1 Å². The van der Waals surface area contributed by atoms with E-state index in [1.807, 2.05) is 28.8 Å². The number of benzene rings is 2. The molecule has 0 spiro atoms. The third-order valence-electron chi connectivity index (χ3n) is 5.03. The lowest BCUT2D eigenvalue weighted by Gasteiger charge is -2.09. The average molecular weight is 560 g/mol. The van der Waals surface area contributed by atoms with E-state index < -0.39 is 5.97 Å². The first-order chi connectivity index (χ1) is 17.4. The Kier molecular flexibility index (Phi) is 8.48. The number of thiophene rings is 1. The van der Waals surface area contributed by atoms with Crippen molar-refractivity contribution in [1.29, 1.82) is 0 Å². The molecule has 0 bridgehead atoms. The maximum atomic E-state index is 12.8. The van der Waals surface area contributed by atoms with E-state index in [-0.39, 0.29) is 11.7 Å². The number of carbonyl (C=O) groups excluding carboxylic acids is 2. The van der Waals surface area contributed by atoms with Gasteiger partial charge in [0, 0.05) is 33.1 Å². The maximum Gasteiger partial charge on any atom is 0.341 e. The van der Waals surface area contributed by atoms with Crippen molar-refractivity contribution in [3.8, 4) is 22.5 Å². The van der Waals surface area contributed by atoms with Crippen LogP contribution in [-0.4, -0.2) is 39.5 Å². The Bertz CT molecular complexity index is 1420. The van der Waals surface area contributed by atoms with E-state index in [1.54, 1.807) is 35.7 Å². The molecule has 0 saturated heterocycles. The van der Waals surface area contributed by atoms with Gasteiger partial charge in [-0.2, -0.15) is 0 Å². The number of nitrogens with one attached hydrogen (secondary N) is 1. The van der Waals surface area contributed by atoms with Crippen molar-refractivity contribution in [2.75, 3.05) is 18.2 Å². The summed E-state index contributed by atoms with van der Waals surface area (Å²) in [5, 5.41) is 15.3. The highest BCUT2D eigenvalue weighted by molar-refractivity contribution is 7.99. The van der Waals surface area contributed by atoms with Gasteiger partial charge in [-0.15, -0.1) is 28.1 Å². The van der Waals surface area contributed by atoms with E-state index in [0.717, 1.165) is 11.1 Å². The van der Waals surface area contributed by atoms with Gasteiger partial charge < -0.3 is 10.1 Å². The number of anilines is 1. The van der Waals surface area contributed by atoms with Crippen molar-refractivity contribution in [2.24, 2.45) is 0 Å². The first-order valence-corrected chi connectivity index (χ1v) is 13.2. The van der Waals surface area contributed by atoms with Gasteiger partial charge in [0.05, 0.1) is 12.9 Å². The van der Waals surface area contributed by atoms with Crippen LogP contribution in [0.2, 0.25) is 10.0 Å². The van der Waals surface area contributed by atoms with Crippen molar-refractivity contribution in [3.05, 3.63) is 82.2 Å². The molecular weight excluding hydrogens is 539 g/mol. The van der Waals surface area contributed by atoms with Crippen LogP contribution in [0.5, 0.6) is 0 Å². The van der Waals surface area contributed by atoms with Crippen LogP contribution in [0.25, 0.3) is 22.5 Å². The average Bonchev–Trinajstić information content (AvgIpc) is 3.47. The van der Waals surface area contributed by atoms with E-state index in [9.17, 15) is 9.59 Å². The molecule has 2 aromatic carbocycles. The number of thioether (sulfide) groups is 1.